The lowest BCUT2D eigenvalue weighted by molar-refractivity contribution is 0.0141. The molecule has 5 aromatic rings. The first-order chi connectivity index (χ1) is 21.2. The van der Waals surface area contributed by atoms with Crippen molar-refractivity contribution in [3.05, 3.63) is 78.2 Å². The van der Waals surface area contributed by atoms with E-state index in [-0.39, 0.29) is 6.09 Å². The number of piperazine rings is 1. The summed E-state index contributed by atoms with van der Waals surface area (Å²) in [4.78, 5) is 31.1. The van der Waals surface area contributed by atoms with Crippen LogP contribution in [0.3, 0.4) is 0 Å². The zero-order valence-corrected chi connectivity index (χ0v) is 25.3. The van der Waals surface area contributed by atoms with Crippen molar-refractivity contribution in [3.63, 3.8) is 0 Å². The van der Waals surface area contributed by atoms with Gasteiger partial charge in [0.25, 0.3) is 0 Å². The second-order valence-corrected chi connectivity index (χ2v) is 12.6. The summed E-state index contributed by atoms with van der Waals surface area (Å²) in [6, 6.07) is 16.3. The molecule has 5 heterocycles. The molecule has 2 aliphatic rings. The first-order valence-electron chi connectivity index (χ1n) is 15.2. The highest BCUT2D eigenvalue weighted by Crippen LogP contribution is 2.37. The highest BCUT2D eigenvalue weighted by molar-refractivity contribution is 5.83. The Kier molecular flexibility index (Phi) is 7.04. The van der Waals surface area contributed by atoms with Gasteiger partial charge in [-0.05, 0) is 93.1 Å². The number of nitrogen functional groups attached to an aromatic ring is 1. The molecule has 0 saturated carbocycles. The molecule has 1 saturated heterocycles. The number of pyridine rings is 2. The molecule has 1 aliphatic heterocycles. The average Bonchev–Trinajstić information content (AvgIpc) is 3.76. The fourth-order valence-electron chi connectivity index (χ4n) is 6.28. The van der Waals surface area contributed by atoms with E-state index >= 15 is 0 Å². The minimum absolute atomic E-state index is 0.221. The minimum atomic E-state index is -0.479. The average molecular weight is 592 g/mol. The quantitative estimate of drug-likeness (QED) is 0.309. The number of hydrogen-bond donors (Lipinski definition) is 1. The zero-order valence-electron chi connectivity index (χ0n) is 25.3. The van der Waals surface area contributed by atoms with Crippen LogP contribution in [0.4, 0.5) is 10.6 Å². The number of aromatic nitrogens is 6. The van der Waals surface area contributed by atoms with Crippen molar-refractivity contribution in [2.24, 2.45) is 0 Å². The molecule has 1 aromatic carbocycles. The normalized spacial score (nSPS) is 17.2. The summed E-state index contributed by atoms with van der Waals surface area (Å²) < 4.78 is 9.40. The lowest BCUT2D eigenvalue weighted by atomic mass is 10.00. The van der Waals surface area contributed by atoms with E-state index in [2.05, 4.69) is 37.7 Å². The highest BCUT2D eigenvalue weighted by Gasteiger charge is 2.30. The summed E-state index contributed by atoms with van der Waals surface area (Å²) in [5.74, 6) is 2.28. The van der Waals surface area contributed by atoms with Crippen molar-refractivity contribution >= 4 is 23.1 Å². The third kappa shape index (κ3) is 5.39. The smallest absolute Gasteiger partial charge is 0.410 e. The van der Waals surface area contributed by atoms with Gasteiger partial charge in [0, 0.05) is 57.0 Å². The van der Waals surface area contributed by atoms with Crippen LogP contribution in [0.2, 0.25) is 0 Å². The Labute approximate surface area is 256 Å². The van der Waals surface area contributed by atoms with E-state index in [1.54, 1.807) is 17.1 Å². The molecular formula is C33H37N9O2. The van der Waals surface area contributed by atoms with E-state index < -0.39 is 5.60 Å². The SMILES string of the molecule is CC(C)(C)OC(=O)N1CCN(CC2CCc3cc(-n4c(-c5cccnc5N)nc5ccc(-n6cccn6)nc54)ccc32)CC1. The number of imidazole rings is 1. The van der Waals surface area contributed by atoms with Gasteiger partial charge in [-0.2, -0.15) is 5.10 Å². The van der Waals surface area contributed by atoms with Crippen LogP contribution in [0.25, 0.3) is 34.1 Å². The van der Waals surface area contributed by atoms with Crippen LogP contribution in [0.1, 0.15) is 44.2 Å². The molecule has 7 rings (SSSR count). The molecule has 4 aromatic heterocycles. The number of aryl methyl sites for hydroxylation is 1. The van der Waals surface area contributed by atoms with Gasteiger partial charge in [0.05, 0.1) is 5.56 Å². The van der Waals surface area contributed by atoms with Crippen LogP contribution in [0.15, 0.2) is 67.1 Å². The van der Waals surface area contributed by atoms with E-state index in [4.69, 9.17) is 20.4 Å². The molecule has 226 valence electrons. The number of nitrogens with zero attached hydrogens (tertiary/aromatic N) is 8. The maximum absolute atomic E-state index is 12.5. The van der Waals surface area contributed by atoms with Crippen molar-refractivity contribution in [2.45, 2.75) is 45.1 Å². The molecule has 1 unspecified atom stereocenters. The first-order valence-corrected chi connectivity index (χ1v) is 15.2. The van der Waals surface area contributed by atoms with Crippen LogP contribution >= 0.6 is 0 Å². The van der Waals surface area contributed by atoms with Gasteiger partial charge in [-0.1, -0.05) is 6.07 Å². The molecule has 0 bridgehead atoms. The van der Waals surface area contributed by atoms with Crippen molar-refractivity contribution < 1.29 is 9.53 Å². The Morgan fingerprint density at radius 2 is 1.86 bits per heavy atom. The maximum Gasteiger partial charge on any atom is 0.410 e. The number of fused-ring (bicyclic) bond motifs is 2. The van der Waals surface area contributed by atoms with E-state index in [0.29, 0.717) is 36.5 Å². The second-order valence-electron chi connectivity index (χ2n) is 12.6. The standard InChI is InChI=1S/C33H37N9O2/c1-33(2,3)44-32(43)40-18-16-39(17-19-40)21-23-8-7-22-20-24(9-10-25(22)23)42-30(26-6-4-13-35-29(26)34)37-27-11-12-28(38-31(27)42)41-15-5-14-36-41/h4-6,9-15,20,23H,7-8,16-19,21H2,1-3H3,(H2,34,35). The molecular weight excluding hydrogens is 554 g/mol. The summed E-state index contributed by atoms with van der Waals surface area (Å²) in [5, 5.41) is 4.37. The number of nitrogens with two attached hydrogens (primary N) is 1. The minimum Gasteiger partial charge on any atom is -0.444 e. The van der Waals surface area contributed by atoms with Gasteiger partial charge in [0.15, 0.2) is 17.3 Å². The van der Waals surface area contributed by atoms with Gasteiger partial charge >= 0.3 is 6.09 Å². The number of amides is 1. The van der Waals surface area contributed by atoms with E-state index in [1.165, 1.54) is 11.1 Å². The Balaban J connectivity index is 1.17. The lowest BCUT2D eigenvalue weighted by Gasteiger charge is -2.36. The number of carbonyl (C=O) groups excluding carboxylic acids is 1. The summed E-state index contributed by atoms with van der Waals surface area (Å²) in [6.45, 7) is 9.78. The van der Waals surface area contributed by atoms with Gasteiger partial charge in [0.2, 0.25) is 0 Å². The van der Waals surface area contributed by atoms with Crippen LogP contribution in [-0.2, 0) is 11.2 Å². The Morgan fingerprint density at radius 1 is 1.02 bits per heavy atom. The van der Waals surface area contributed by atoms with Gasteiger partial charge in [-0.15, -0.1) is 0 Å². The summed E-state index contributed by atoms with van der Waals surface area (Å²) in [5.41, 5.74) is 11.8. The van der Waals surface area contributed by atoms with Crippen LogP contribution in [0, 0.1) is 0 Å². The van der Waals surface area contributed by atoms with Gasteiger partial charge < -0.3 is 15.4 Å². The Hall–Kier alpha value is -4.77. The summed E-state index contributed by atoms with van der Waals surface area (Å²) in [7, 11) is 0. The first kappa shape index (κ1) is 28.0. The zero-order chi connectivity index (χ0) is 30.4. The molecule has 44 heavy (non-hydrogen) atoms. The largest absolute Gasteiger partial charge is 0.444 e. The van der Waals surface area contributed by atoms with Crippen LogP contribution < -0.4 is 5.73 Å². The van der Waals surface area contributed by atoms with Crippen molar-refractivity contribution in [2.75, 3.05) is 38.5 Å². The highest BCUT2D eigenvalue weighted by atomic mass is 16.6. The number of carbonyl (C=O) groups is 1. The number of ether oxygens (including phenoxy) is 1. The van der Waals surface area contributed by atoms with Gasteiger partial charge in [-0.3, -0.25) is 9.47 Å². The predicted octanol–water partition coefficient (Wildman–Crippen LogP) is 4.83. The molecule has 1 aliphatic carbocycles. The Morgan fingerprint density at radius 3 is 2.61 bits per heavy atom. The molecule has 1 fully saturated rings. The second kappa shape index (κ2) is 11.1. The van der Waals surface area contributed by atoms with Crippen molar-refractivity contribution in [3.8, 4) is 22.9 Å². The molecule has 11 heteroatoms. The Bertz CT molecular complexity index is 1820. The number of rotatable bonds is 5. The van der Waals surface area contributed by atoms with E-state index in [0.717, 1.165) is 54.9 Å². The van der Waals surface area contributed by atoms with Gasteiger partial charge in [0.1, 0.15) is 16.9 Å². The van der Waals surface area contributed by atoms with Crippen molar-refractivity contribution in [1.29, 1.82) is 0 Å². The molecule has 1 atom stereocenters. The molecule has 11 nitrogen and oxygen atoms in total. The molecule has 0 radical (unpaired) electrons. The van der Waals surface area contributed by atoms with E-state index in [1.807, 2.05) is 62.2 Å². The lowest BCUT2D eigenvalue weighted by Crippen LogP contribution is -2.50. The van der Waals surface area contributed by atoms with Crippen LogP contribution in [0.5, 0.6) is 0 Å². The number of hydrogen-bond acceptors (Lipinski definition) is 8. The predicted molar refractivity (Wildman–Crippen MR) is 169 cm³/mol. The molecule has 0 spiro atoms. The molecule has 2 N–H and O–H groups in total. The number of anilines is 1. The fourth-order valence-corrected chi connectivity index (χ4v) is 6.28. The van der Waals surface area contributed by atoms with Crippen LogP contribution in [-0.4, -0.2) is 83.5 Å². The third-order valence-corrected chi connectivity index (χ3v) is 8.40. The summed E-state index contributed by atoms with van der Waals surface area (Å²) >= 11 is 0. The molecule has 1 amide bonds. The van der Waals surface area contributed by atoms with Crippen molar-refractivity contribution in [1.82, 2.24) is 39.1 Å². The van der Waals surface area contributed by atoms with Gasteiger partial charge in [-0.25, -0.2) is 24.4 Å². The third-order valence-electron chi connectivity index (χ3n) is 8.40. The number of benzene rings is 1. The van der Waals surface area contributed by atoms with E-state index in [9.17, 15) is 4.79 Å². The fraction of sp³-hybridized carbons (Fsp3) is 0.364. The summed E-state index contributed by atoms with van der Waals surface area (Å²) in [6.07, 6.45) is 7.19. The monoisotopic (exact) mass is 591 g/mol. The topological polar surface area (TPSA) is 120 Å². The maximum atomic E-state index is 12.5.